The van der Waals surface area contributed by atoms with Gasteiger partial charge in [-0.1, -0.05) is 0 Å². The number of aliphatic hydroxyl groups excluding tert-OH is 2. The maximum Gasteiger partial charge on any atom is 0.0641 e. The van der Waals surface area contributed by atoms with Crippen LogP contribution < -0.4 is 5.32 Å². The lowest BCUT2D eigenvalue weighted by molar-refractivity contribution is 0.0957. The summed E-state index contributed by atoms with van der Waals surface area (Å²) in [4.78, 5) is 0. The van der Waals surface area contributed by atoms with Crippen molar-refractivity contribution < 1.29 is 10.2 Å². The molecule has 5 heteroatoms. The van der Waals surface area contributed by atoms with Crippen LogP contribution in [-0.2, 0) is 7.05 Å². The van der Waals surface area contributed by atoms with E-state index < -0.39 is 5.54 Å². The van der Waals surface area contributed by atoms with Crippen molar-refractivity contribution in [2.24, 2.45) is 7.05 Å². The molecule has 0 spiro atoms. The van der Waals surface area contributed by atoms with E-state index in [9.17, 15) is 10.2 Å². The van der Waals surface area contributed by atoms with Crippen molar-refractivity contribution in [3.8, 4) is 0 Å². The van der Waals surface area contributed by atoms with Crippen LogP contribution in [0.4, 0.5) is 0 Å². The molecule has 92 valence electrons. The van der Waals surface area contributed by atoms with Gasteiger partial charge in [0.05, 0.1) is 24.4 Å². The second-order valence-corrected chi connectivity index (χ2v) is 4.59. The van der Waals surface area contributed by atoms with Crippen LogP contribution in [0.2, 0.25) is 0 Å². The van der Waals surface area contributed by atoms with E-state index in [1.807, 2.05) is 27.1 Å². The van der Waals surface area contributed by atoms with E-state index >= 15 is 0 Å². The minimum absolute atomic E-state index is 0.0398. The number of hydrogen-bond acceptors (Lipinski definition) is 4. The molecule has 0 fully saturated rings. The van der Waals surface area contributed by atoms with Gasteiger partial charge in [0.2, 0.25) is 0 Å². The predicted octanol–water partition coefficient (Wildman–Crippen LogP) is 0.122. The number of rotatable bonds is 5. The van der Waals surface area contributed by atoms with E-state index in [2.05, 4.69) is 10.4 Å². The summed E-state index contributed by atoms with van der Waals surface area (Å²) >= 11 is 0. The topological polar surface area (TPSA) is 70.3 Å². The minimum atomic E-state index is -0.665. The van der Waals surface area contributed by atoms with Crippen LogP contribution in [0.3, 0.4) is 0 Å². The summed E-state index contributed by atoms with van der Waals surface area (Å²) in [6, 6.07) is 0.0398. The molecule has 1 atom stereocenters. The number of nitrogens with zero attached hydrogens (tertiary/aromatic N) is 2. The molecule has 1 heterocycles. The van der Waals surface area contributed by atoms with Crippen LogP contribution in [0.15, 0.2) is 6.20 Å². The number of nitrogens with one attached hydrogen (secondary N) is 1. The van der Waals surface area contributed by atoms with Crippen molar-refractivity contribution in [3.05, 3.63) is 17.5 Å². The largest absolute Gasteiger partial charge is 0.394 e. The Morgan fingerprint density at radius 1 is 1.50 bits per heavy atom. The standard InChI is InChI=1S/C11H21N3O2/c1-8(12-11(3,6-15)7-16)10-5-14(4)13-9(10)2/h5,8,12,15-16H,6-7H2,1-4H3. The smallest absolute Gasteiger partial charge is 0.0641 e. The molecule has 0 aliphatic heterocycles. The maximum absolute atomic E-state index is 9.21. The molecule has 5 nitrogen and oxygen atoms in total. The SMILES string of the molecule is Cc1nn(C)cc1C(C)NC(C)(CO)CO. The van der Waals surface area contributed by atoms with Crippen LogP contribution in [0.25, 0.3) is 0 Å². The molecule has 0 radical (unpaired) electrons. The Kier molecular flexibility index (Phi) is 4.07. The van der Waals surface area contributed by atoms with Gasteiger partial charge in [0.25, 0.3) is 0 Å². The Morgan fingerprint density at radius 2 is 2.06 bits per heavy atom. The van der Waals surface area contributed by atoms with E-state index in [0.29, 0.717) is 0 Å². The van der Waals surface area contributed by atoms with Crippen molar-refractivity contribution in [2.45, 2.75) is 32.4 Å². The maximum atomic E-state index is 9.21. The molecular formula is C11H21N3O2. The molecule has 1 aromatic heterocycles. The Labute approximate surface area is 96.1 Å². The molecule has 1 aromatic rings. The lowest BCUT2D eigenvalue weighted by atomic mass is 10.0. The molecule has 3 N–H and O–H groups in total. The van der Waals surface area contributed by atoms with E-state index in [-0.39, 0.29) is 19.3 Å². The second-order valence-electron chi connectivity index (χ2n) is 4.59. The van der Waals surface area contributed by atoms with E-state index in [1.54, 1.807) is 11.6 Å². The summed E-state index contributed by atoms with van der Waals surface area (Å²) in [6.07, 6.45) is 1.95. The molecule has 16 heavy (non-hydrogen) atoms. The normalized spacial score (nSPS) is 14.1. The minimum Gasteiger partial charge on any atom is -0.394 e. The summed E-state index contributed by atoms with van der Waals surface area (Å²) in [5.41, 5.74) is 1.37. The first-order chi connectivity index (χ1) is 7.41. The van der Waals surface area contributed by atoms with Gasteiger partial charge in [-0.3, -0.25) is 4.68 Å². The van der Waals surface area contributed by atoms with E-state index in [0.717, 1.165) is 11.3 Å². The molecule has 0 aliphatic rings. The third-order valence-electron chi connectivity index (χ3n) is 2.78. The molecule has 0 bridgehead atoms. The van der Waals surface area contributed by atoms with Gasteiger partial charge in [0, 0.05) is 24.8 Å². The lowest BCUT2D eigenvalue weighted by Crippen LogP contribution is -2.49. The molecular weight excluding hydrogens is 206 g/mol. The van der Waals surface area contributed by atoms with Crippen LogP contribution in [0.5, 0.6) is 0 Å². The first-order valence-corrected chi connectivity index (χ1v) is 5.41. The average Bonchev–Trinajstić information content (AvgIpc) is 2.57. The summed E-state index contributed by atoms with van der Waals surface area (Å²) < 4.78 is 1.76. The van der Waals surface area contributed by atoms with Crippen molar-refractivity contribution in [3.63, 3.8) is 0 Å². The van der Waals surface area contributed by atoms with Crippen molar-refractivity contribution in [1.29, 1.82) is 0 Å². The molecule has 1 rings (SSSR count). The highest BCUT2D eigenvalue weighted by Gasteiger charge is 2.25. The predicted molar refractivity (Wildman–Crippen MR) is 62.1 cm³/mol. The third-order valence-corrected chi connectivity index (χ3v) is 2.78. The summed E-state index contributed by atoms with van der Waals surface area (Å²) in [7, 11) is 1.88. The van der Waals surface area contributed by atoms with Gasteiger partial charge in [0.15, 0.2) is 0 Å². The Bertz CT molecular complexity index is 345. The highest BCUT2D eigenvalue weighted by atomic mass is 16.3. The number of aliphatic hydroxyl groups is 2. The average molecular weight is 227 g/mol. The third kappa shape index (κ3) is 2.81. The van der Waals surface area contributed by atoms with Gasteiger partial charge in [-0.15, -0.1) is 0 Å². The van der Waals surface area contributed by atoms with Crippen LogP contribution >= 0.6 is 0 Å². The number of hydrogen-bond donors (Lipinski definition) is 3. The fourth-order valence-corrected chi connectivity index (χ4v) is 1.78. The highest BCUT2D eigenvalue weighted by Crippen LogP contribution is 2.18. The second kappa shape index (κ2) is 4.95. The first kappa shape index (κ1) is 13.2. The zero-order chi connectivity index (χ0) is 12.3. The fraction of sp³-hybridized carbons (Fsp3) is 0.727. The molecule has 0 aliphatic carbocycles. The van der Waals surface area contributed by atoms with Gasteiger partial charge in [-0.25, -0.2) is 0 Å². The van der Waals surface area contributed by atoms with Crippen molar-refractivity contribution in [2.75, 3.05) is 13.2 Å². The molecule has 0 saturated heterocycles. The van der Waals surface area contributed by atoms with E-state index in [1.165, 1.54) is 0 Å². The zero-order valence-corrected chi connectivity index (χ0v) is 10.4. The van der Waals surface area contributed by atoms with Crippen LogP contribution in [-0.4, -0.2) is 38.7 Å². The molecule has 0 amide bonds. The quantitative estimate of drug-likeness (QED) is 0.668. The monoisotopic (exact) mass is 227 g/mol. The van der Waals surface area contributed by atoms with Gasteiger partial charge in [-0.2, -0.15) is 5.10 Å². The van der Waals surface area contributed by atoms with E-state index in [4.69, 9.17) is 0 Å². The molecule has 0 saturated carbocycles. The lowest BCUT2D eigenvalue weighted by Gasteiger charge is -2.30. The van der Waals surface area contributed by atoms with Crippen LogP contribution in [0, 0.1) is 6.92 Å². The Balaban J connectivity index is 2.79. The van der Waals surface area contributed by atoms with Gasteiger partial charge in [-0.05, 0) is 20.8 Å². The molecule has 1 unspecified atom stereocenters. The van der Waals surface area contributed by atoms with Gasteiger partial charge in [0.1, 0.15) is 0 Å². The fourth-order valence-electron chi connectivity index (χ4n) is 1.78. The summed E-state index contributed by atoms with van der Waals surface area (Å²) in [5.74, 6) is 0. The Morgan fingerprint density at radius 3 is 2.44 bits per heavy atom. The number of aryl methyl sites for hydroxylation is 2. The number of aromatic nitrogens is 2. The van der Waals surface area contributed by atoms with Gasteiger partial charge < -0.3 is 15.5 Å². The zero-order valence-electron chi connectivity index (χ0n) is 10.4. The van der Waals surface area contributed by atoms with Crippen molar-refractivity contribution >= 4 is 0 Å². The first-order valence-electron chi connectivity index (χ1n) is 5.41. The van der Waals surface area contributed by atoms with Crippen molar-refractivity contribution in [1.82, 2.24) is 15.1 Å². The molecule has 0 aromatic carbocycles. The van der Waals surface area contributed by atoms with Crippen LogP contribution in [0.1, 0.15) is 31.1 Å². The Hall–Kier alpha value is -0.910. The summed E-state index contributed by atoms with van der Waals surface area (Å²) in [5, 5.41) is 25.9. The summed E-state index contributed by atoms with van der Waals surface area (Å²) in [6.45, 7) is 5.52. The van der Waals surface area contributed by atoms with Gasteiger partial charge >= 0.3 is 0 Å². The highest BCUT2D eigenvalue weighted by molar-refractivity contribution is 5.19.